The van der Waals surface area contributed by atoms with E-state index in [0.29, 0.717) is 5.69 Å². The van der Waals surface area contributed by atoms with E-state index in [1.54, 1.807) is 0 Å². The van der Waals surface area contributed by atoms with E-state index in [1.165, 1.54) is 6.33 Å². The zero-order valence-electron chi connectivity index (χ0n) is 10.3. The van der Waals surface area contributed by atoms with Crippen LogP contribution in [0.3, 0.4) is 0 Å². The highest BCUT2D eigenvalue weighted by Crippen LogP contribution is 2.43. The summed E-state index contributed by atoms with van der Waals surface area (Å²) in [6, 6.07) is 0. The minimum Gasteiger partial charge on any atom is -0.321 e. The van der Waals surface area contributed by atoms with Crippen LogP contribution >= 0.6 is 23.2 Å². The third kappa shape index (κ3) is 2.59. The first-order valence-corrected chi connectivity index (χ1v) is 6.64. The highest BCUT2D eigenvalue weighted by Gasteiger charge is 2.39. The number of aromatic nitrogens is 2. The Morgan fingerprint density at radius 3 is 2.50 bits per heavy atom. The fourth-order valence-electron chi connectivity index (χ4n) is 2.47. The van der Waals surface area contributed by atoms with Crippen LogP contribution in [0, 0.1) is 11.3 Å². The quantitative estimate of drug-likeness (QED) is 0.847. The van der Waals surface area contributed by atoms with Crippen molar-refractivity contribution < 1.29 is 4.79 Å². The van der Waals surface area contributed by atoms with Gasteiger partial charge in [-0.05, 0) is 18.3 Å². The van der Waals surface area contributed by atoms with Crippen molar-refractivity contribution in [1.82, 2.24) is 9.97 Å². The molecule has 18 heavy (non-hydrogen) atoms. The second-order valence-electron chi connectivity index (χ2n) is 5.25. The normalized spacial score (nSPS) is 21.9. The molecule has 1 saturated carbocycles. The molecule has 0 aliphatic heterocycles. The van der Waals surface area contributed by atoms with Crippen LogP contribution in [0.2, 0.25) is 10.3 Å². The number of anilines is 1. The van der Waals surface area contributed by atoms with Crippen molar-refractivity contribution in [2.75, 3.05) is 5.32 Å². The van der Waals surface area contributed by atoms with Crippen LogP contribution in [0.5, 0.6) is 0 Å². The molecule has 4 nitrogen and oxygen atoms in total. The summed E-state index contributed by atoms with van der Waals surface area (Å²) in [4.78, 5) is 19.9. The first kappa shape index (κ1) is 13.6. The Bertz CT molecular complexity index is 456. The number of halogens is 2. The summed E-state index contributed by atoms with van der Waals surface area (Å²) in [5, 5.41) is 3.08. The fraction of sp³-hybridized carbons (Fsp3) is 0.583. The zero-order chi connectivity index (χ0) is 13.3. The molecule has 6 heteroatoms. The first-order valence-electron chi connectivity index (χ1n) is 5.88. The molecular weight excluding hydrogens is 273 g/mol. The van der Waals surface area contributed by atoms with Crippen molar-refractivity contribution in [2.24, 2.45) is 11.3 Å². The highest BCUT2D eigenvalue weighted by molar-refractivity contribution is 6.38. The largest absolute Gasteiger partial charge is 0.321 e. The van der Waals surface area contributed by atoms with Gasteiger partial charge in [-0.3, -0.25) is 4.79 Å². The van der Waals surface area contributed by atoms with Crippen LogP contribution in [0.15, 0.2) is 6.33 Å². The molecule has 1 fully saturated rings. The molecule has 1 heterocycles. The predicted octanol–water partition coefficient (Wildman–Crippen LogP) is 3.55. The van der Waals surface area contributed by atoms with Gasteiger partial charge in [-0.25, -0.2) is 9.97 Å². The Labute approximate surface area is 116 Å². The van der Waals surface area contributed by atoms with Crippen LogP contribution in [0.25, 0.3) is 0 Å². The molecule has 1 aliphatic rings. The number of nitrogens with zero attached hydrogens (tertiary/aromatic N) is 2. The number of hydrogen-bond acceptors (Lipinski definition) is 3. The van der Waals surface area contributed by atoms with Gasteiger partial charge in [0.15, 0.2) is 10.3 Å². The maximum Gasteiger partial charge on any atom is 0.228 e. The molecule has 0 bridgehead atoms. The molecule has 1 atom stereocenters. The molecule has 2 rings (SSSR count). The second kappa shape index (κ2) is 5.02. The van der Waals surface area contributed by atoms with Crippen LogP contribution in [-0.2, 0) is 4.79 Å². The van der Waals surface area contributed by atoms with E-state index >= 15 is 0 Å². The Hall–Kier alpha value is -0.870. The molecule has 0 spiro atoms. The van der Waals surface area contributed by atoms with E-state index in [9.17, 15) is 4.79 Å². The van der Waals surface area contributed by atoms with Crippen molar-refractivity contribution >= 4 is 34.8 Å². The average molecular weight is 288 g/mol. The van der Waals surface area contributed by atoms with Crippen molar-refractivity contribution in [1.29, 1.82) is 0 Å². The van der Waals surface area contributed by atoms with Gasteiger partial charge in [0, 0.05) is 5.92 Å². The topological polar surface area (TPSA) is 54.9 Å². The third-order valence-electron chi connectivity index (χ3n) is 3.58. The molecule has 1 aromatic heterocycles. The van der Waals surface area contributed by atoms with Crippen LogP contribution < -0.4 is 5.32 Å². The van der Waals surface area contributed by atoms with Gasteiger partial charge in [0.2, 0.25) is 5.91 Å². The molecule has 0 aromatic carbocycles. The number of carbonyl (C=O) groups is 1. The van der Waals surface area contributed by atoms with Gasteiger partial charge in [-0.1, -0.05) is 43.5 Å². The van der Waals surface area contributed by atoms with E-state index in [-0.39, 0.29) is 27.5 Å². The summed E-state index contributed by atoms with van der Waals surface area (Å²) < 4.78 is 0. The molecule has 1 unspecified atom stereocenters. The molecular formula is C12H15Cl2N3O. The number of amides is 1. The highest BCUT2D eigenvalue weighted by atomic mass is 35.5. The summed E-state index contributed by atoms with van der Waals surface area (Å²) in [7, 11) is 0. The zero-order valence-corrected chi connectivity index (χ0v) is 11.8. The SMILES string of the molecule is CC1(C)CCCC1C(=O)Nc1c(Cl)ncnc1Cl. The lowest BCUT2D eigenvalue weighted by molar-refractivity contribution is -0.122. The number of hydrogen-bond donors (Lipinski definition) is 1. The maximum atomic E-state index is 12.3. The van der Waals surface area contributed by atoms with Crippen molar-refractivity contribution in [3.63, 3.8) is 0 Å². The van der Waals surface area contributed by atoms with Gasteiger partial charge >= 0.3 is 0 Å². The number of nitrogens with one attached hydrogen (secondary N) is 1. The Morgan fingerprint density at radius 1 is 1.39 bits per heavy atom. The van der Waals surface area contributed by atoms with E-state index in [1.807, 2.05) is 0 Å². The average Bonchev–Trinajstić information content (AvgIpc) is 2.63. The Kier molecular flexibility index (Phi) is 3.78. The molecule has 0 radical (unpaired) electrons. The molecule has 0 saturated heterocycles. The van der Waals surface area contributed by atoms with E-state index < -0.39 is 0 Å². The molecule has 1 amide bonds. The van der Waals surface area contributed by atoms with Crippen molar-refractivity contribution in [3.8, 4) is 0 Å². The maximum absolute atomic E-state index is 12.3. The van der Waals surface area contributed by atoms with E-state index in [0.717, 1.165) is 19.3 Å². The molecule has 1 aliphatic carbocycles. The van der Waals surface area contributed by atoms with Gasteiger partial charge in [0.1, 0.15) is 12.0 Å². The summed E-state index contributed by atoms with van der Waals surface area (Å²) in [5.41, 5.74) is 0.312. The summed E-state index contributed by atoms with van der Waals surface area (Å²) >= 11 is 11.8. The summed E-state index contributed by atoms with van der Waals surface area (Å²) in [6.07, 6.45) is 4.28. The molecule has 1 aromatic rings. The minimum absolute atomic E-state index is 0.0126. The van der Waals surface area contributed by atoms with E-state index in [4.69, 9.17) is 23.2 Å². The van der Waals surface area contributed by atoms with Gasteiger partial charge in [0.25, 0.3) is 0 Å². The third-order valence-corrected chi connectivity index (χ3v) is 4.15. The fourth-order valence-corrected chi connectivity index (χ4v) is 2.88. The monoisotopic (exact) mass is 287 g/mol. The molecule has 98 valence electrons. The standard InChI is InChI=1S/C12H15Cl2N3O/c1-12(2)5-3-4-7(12)11(18)17-8-9(13)15-6-16-10(8)14/h6-7H,3-5H2,1-2H3,(H,17,18). The van der Waals surface area contributed by atoms with Gasteiger partial charge in [0.05, 0.1) is 0 Å². The smallest absolute Gasteiger partial charge is 0.228 e. The first-order chi connectivity index (χ1) is 8.42. The van der Waals surface area contributed by atoms with Crippen LogP contribution in [0.4, 0.5) is 5.69 Å². The van der Waals surface area contributed by atoms with Crippen LogP contribution in [-0.4, -0.2) is 15.9 Å². The number of carbonyl (C=O) groups excluding carboxylic acids is 1. The summed E-state index contributed by atoms with van der Waals surface area (Å²) in [6.45, 7) is 4.21. The Balaban J connectivity index is 2.17. The lowest BCUT2D eigenvalue weighted by Crippen LogP contribution is -2.31. The van der Waals surface area contributed by atoms with Crippen molar-refractivity contribution in [2.45, 2.75) is 33.1 Å². The molecule has 1 N–H and O–H groups in total. The van der Waals surface area contributed by atoms with Crippen LogP contribution in [0.1, 0.15) is 33.1 Å². The van der Waals surface area contributed by atoms with Gasteiger partial charge in [-0.2, -0.15) is 0 Å². The van der Waals surface area contributed by atoms with Gasteiger partial charge < -0.3 is 5.32 Å². The lowest BCUT2D eigenvalue weighted by Gasteiger charge is -2.26. The van der Waals surface area contributed by atoms with Crippen molar-refractivity contribution in [3.05, 3.63) is 16.6 Å². The van der Waals surface area contributed by atoms with Gasteiger partial charge in [-0.15, -0.1) is 0 Å². The predicted molar refractivity (Wildman–Crippen MR) is 71.8 cm³/mol. The summed E-state index contributed by atoms with van der Waals surface area (Å²) in [5.74, 6) is -0.0825. The Morgan fingerprint density at radius 2 is 2.00 bits per heavy atom. The second-order valence-corrected chi connectivity index (χ2v) is 5.97. The number of rotatable bonds is 2. The van der Waals surface area contributed by atoms with E-state index in [2.05, 4.69) is 29.1 Å². The lowest BCUT2D eigenvalue weighted by atomic mass is 9.81. The minimum atomic E-state index is -0.0592.